The molecule has 0 saturated carbocycles. The minimum Gasteiger partial charge on any atom is -0.442 e. The van der Waals surface area contributed by atoms with Gasteiger partial charge in [0.15, 0.2) is 0 Å². The van der Waals surface area contributed by atoms with E-state index in [1.165, 1.54) is 18.1 Å². The number of cyclic esters (lactones) is 1. The highest BCUT2D eigenvalue weighted by atomic mass is 32.1. The predicted molar refractivity (Wildman–Crippen MR) is 116 cm³/mol. The monoisotopic (exact) mass is 422 g/mol. The Kier molecular flexibility index (Phi) is 4.78. The Morgan fingerprint density at radius 1 is 1.37 bits per heavy atom. The molecule has 154 valence electrons. The molecule has 2 amide bonds. The average Bonchev–Trinajstić information content (AvgIpc) is 3.44. The SMILES string of the molecule is CC(=O)NC[C@H]1CN(c2ccc3c(c2)CCCc2c(-c4ccsc4)n[nH]c2-3)C(=O)O1. The van der Waals surface area contributed by atoms with Gasteiger partial charge >= 0.3 is 6.09 Å². The van der Waals surface area contributed by atoms with Gasteiger partial charge in [0.25, 0.3) is 0 Å². The van der Waals surface area contributed by atoms with Crippen molar-refractivity contribution < 1.29 is 14.3 Å². The van der Waals surface area contributed by atoms with Crippen LogP contribution in [0, 0.1) is 0 Å². The van der Waals surface area contributed by atoms with E-state index < -0.39 is 0 Å². The lowest BCUT2D eigenvalue weighted by atomic mass is 10.00. The smallest absolute Gasteiger partial charge is 0.414 e. The van der Waals surface area contributed by atoms with Gasteiger partial charge in [0, 0.05) is 34.7 Å². The van der Waals surface area contributed by atoms with E-state index in [-0.39, 0.29) is 18.1 Å². The fraction of sp³-hybridized carbons (Fsp3) is 0.318. The van der Waals surface area contributed by atoms with E-state index in [2.05, 4.69) is 44.5 Å². The number of aromatic amines is 1. The zero-order chi connectivity index (χ0) is 20.7. The fourth-order valence-electron chi connectivity index (χ4n) is 4.22. The molecule has 1 saturated heterocycles. The van der Waals surface area contributed by atoms with Crippen LogP contribution in [0.15, 0.2) is 35.0 Å². The number of nitrogens with zero attached hydrogens (tertiary/aromatic N) is 2. The minimum absolute atomic E-state index is 0.133. The first-order chi connectivity index (χ1) is 14.6. The van der Waals surface area contributed by atoms with Gasteiger partial charge in [-0.3, -0.25) is 14.8 Å². The van der Waals surface area contributed by atoms with Crippen molar-refractivity contribution in [2.24, 2.45) is 0 Å². The molecule has 1 aliphatic carbocycles. The molecule has 0 spiro atoms. The van der Waals surface area contributed by atoms with Crippen LogP contribution in [0.2, 0.25) is 0 Å². The molecule has 0 radical (unpaired) electrons. The summed E-state index contributed by atoms with van der Waals surface area (Å²) in [4.78, 5) is 25.1. The van der Waals surface area contributed by atoms with Gasteiger partial charge in [-0.2, -0.15) is 16.4 Å². The third-order valence-electron chi connectivity index (χ3n) is 5.66. The molecule has 5 rings (SSSR count). The molecular formula is C22H22N4O3S. The van der Waals surface area contributed by atoms with Crippen LogP contribution < -0.4 is 10.2 Å². The van der Waals surface area contributed by atoms with Crippen molar-refractivity contribution in [1.29, 1.82) is 0 Å². The number of anilines is 1. The van der Waals surface area contributed by atoms with Gasteiger partial charge in [-0.25, -0.2) is 4.79 Å². The van der Waals surface area contributed by atoms with Crippen molar-refractivity contribution in [2.45, 2.75) is 32.3 Å². The molecule has 1 fully saturated rings. The van der Waals surface area contributed by atoms with Crippen molar-refractivity contribution in [3.63, 3.8) is 0 Å². The molecule has 30 heavy (non-hydrogen) atoms. The maximum atomic E-state index is 12.4. The molecule has 0 unspecified atom stereocenters. The van der Waals surface area contributed by atoms with Crippen LogP contribution in [-0.4, -0.2) is 41.4 Å². The predicted octanol–water partition coefficient (Wildman–Crippen LogP) is 3.76. The molecule has 3 aromatic rings. The molecule has 1 atom stereocenters. The number of fused-ring (bicyclic) bond motifs is 3. The van der Waals surface area contributed by atoms with Crippen LogP contribution in [-0.2, 0) is 22.4 Å². The number of hydrogen-bond donors (Lipinski definition) is 2. The molecule has 1 aliphatic heterocycles. The van der Waals surface area contributed by atoms with Crippen molar-refractivity contribution in [2.75, 3.05) is 18.0 Å². The van der Waals surface area contributed by atoms with Crippen molar-refractivity contribution in [3.05, 3.63) is 46.2 Å². The van der Waals surface area contributed by atoms with Crippen LogP contribution in [0.25, 0.3) is 22.5 Å². The van der Waals surface area contributed by atoms with Crippen LogP contribution in [0.5, 0.6) is 0 Å². The summed E-state index contributed by atoms with van der Waals surface area (Å²) in [6.07, 6.45) is 2.21. The first kappa shape index (κ1) is 18.9. The Hall–Kier alpha value is -3.13. The zero-order valence-corrected chi connectivity index (χ0v) is 17.4. The lowest BCUT2D eigenvalue weighted by Gasteiger charge is -2.16. The quantitative estimate of drug-likeness (QED) is 0.670. The Bertz CT molecular complexity index is 1110. The highest BCUT2D eigenvalue weighted by Crippen LogP contribution is 2.38. The van der Waals surface area contributed by atoms with Crippen molar-refractivity contribution in [3.8, 4) is 22.5 Å². The van der Waals surface area contributed by atoms with Crippen LogP contribution >= 0.6 is 11.3 Å². The summed E-state index contributed by atoms with van der Waals surface area (Å²) >= 11 is 1.67. The molecule has 8 heteroatoms. The van der Waals surface area contributed by atoms with Crippen molar-refractivity contribution >= 4 is 29.0 Å². The lowest BCUT2D eigenvalue weighted by molar-refractivity contribution is -0.119. The van der Waals surface area contributed by atoms with E-state index in [9.17, 15) is 9.59 Å². The Morgan fingerprint density at radius 2 is 2.27 bits per heavy atom. The largest absolute Gasteiger partial charge is 0.442 e. The second-order valence-electron chi connectivity index (χ2n) is 7.69. The number of ether oxygens (including phenoxy) is 1. The average molecular weight is 423 g/mol. The maximum absolute atomic E-state index is 12.4. The molecular weight excluding hydrogens is 400 g/mol. The van der Waals surface area contributed by atoms with Crippen LogP contribution in [0.4, 0.5) is 10.5 Å². The summed E-state index contributed by atoms with van der Waals surface area (Å²) in [5, 5.41) is 14.8. The third-order valence-corrected chi connectivity index (χ3v) is 6.34. The van der Waals surface area contributed by atoms with E-state index in [4.69, 9.17) is 4.74 Å². The van der Waals surface area contributed by atoms with Crippen LogP contribution in [0.1, 0.15) is 24.5 Å². The number of thiophene rings is 1. The van der Waals surface area contributed by atoms with E-state index >= 15 is 0 Å². The van der Waals surface area contributed by atoms with E-state index in [1.54, 1.807) is 16.2 Å². The van der Waals surface area contributed by atoms with Gasteiger partial charge in [-0.1, -0.05) is 6.07 Å². The molecule has 3 heterocycles. The summed E-state index contributed by atoms with van der Waals surface area (Å²) in [7, 11) is 0. The van der Waals surface area contributed by atoms with Gasteiger partial charge < -0.3 is 10.1 Å². The van der Waals surface area contributed by atoms with E-state index in [1.807, 2.05) is 6.07 Å². The number of H-pyrrole nitrogens is 1. The first-order valence-corrected chi connectivity index (χ1v) is 11.0. The molecule has 7 nitrogen and oxygen atoms in total. The van der Waals surface area contributed by atoms with E-state index in [0.717, 1.165) is 47.5 Å². The number of hydrogen-bond acceptors (Lipinski definition) is 5. The summed E-state index contributed by atoms with van der Waals surface area (Å²) < 4.78 is 5.41. The summed E-state index contributed by atoms with van der Waals surface area (Å²) in [5.41, 5.74) is 7.69. The molecule has 0 bridgehead atoms. The second-order valence-corrected chi connectivity index (χ2v) is 8.47. The van der Waals surface area contributed by atoms with Gasteiger partial charge in [0.1, 0.15) is 6.10 Å². The minimum atomic E-state index is -0.374. The van der Waals surface area contributed by atoms with Gasteiger partial charge in [-0.15, -0.1) is 0 Å². The molecule has 2 N–H and O–H groups in total. The fourth-order valence-corrected chi connectivity index (χ4v) is 4.86. The summed E-state index contributed by atoms with van der Waals surface area (Å²) in [6.45, 7) is 2.20. The number of aromatic nitrogens is 2. The number of benzene rings is 1. The molecule has 2 aliphatic rings. The number of rotatable bonds is 4. The maximum Gasteiger partial charge on any atom is 0.414 e. The number of carbonyl (C=O) groups excluding carboxylic acids is 2. The lowest BCUT2D eigenvalue weighted by Crippen LogP contribution is -2.33. The van der Waals surface area contributed by atoms with Crippen molar-refractivity contribution in [1.82, 2.24) is 15.5 Å². The second kappa shape index (κ2) is 7.60. The zero-order valence-electron chi connectivity index (χ0n) is 16.6. The highest BCUT2D eigenvalue weighted by molar-refractivity contribution is 7.08. The number of nitrogens with one attached hydrogen (secondary N) is 2. The number of amides is 2. The highest BCUT2D eigenvalue weighted by Gasteiger charge is 2.33. The van der Waals surface area contributed by atoms with Gasteiger partial charge in [-0.05, 0) is 48.4 Å². The number of carbonyl (C=O) groups is 2. The third kappa shape index (κ3) is 3.37. The normalized spacial score (nSPS) is 17.8. The van der Waals surface area contributed by atoms with Gasteiger partial charge in [0.2, 0.25) is 5.91 Å². The van der Waals surface area contributed by atoms with Crippen LogP contribution in [0.3, 0.4) is 0 Å². The summed E-state index contributed by atoms with van der Waals surface area (Å²) in [5.74, 6) is -0.133. The topological polar surface area (TPSA) is 87.3 Å². The molecule has 2 aromatic heterocycles. The Balaban J connectivity index is 1.43. The Labute approximate surface area is 178 Å². The first-order valence-electron chi connectivity index (χ1n) is 10.1. The van der Waals surface area contributed by atoms with E-state index in [0.29, 0.717) is 13.1 Å². The Morgan fingerprint density at radius 3 is 3.07 bits per heavy atom. The summed E-state index contributed by atoms with van der Waals surface area (Å²) in [6, 6.07) is 8.21. The molecule has 1 aromatic carbocycles. The van der Waals surface area contributed by atoms with Gasteiger partial charge in [0.05, 0.1) is 24.5 Å². The number of aryl methyl sites for hydroxylation is 1. The standard InChI is InChI=1S/C22H22N4O3S/c1-13(27)23-10-17-11-26(22(28)29-17)16-5-6-18-14(9-16)3-2-4-19-20(24-25-21(18)19)15-7-8-30-12-15/h5-9,12,17H,2-4,10-11H2,1H3,(H,23,27)(H,24,25)/t17-/m0/s1.